The fourth-order valence-corrected chi connectivity index (χ4v) is 3.20. The molecular weight excluding hydrogens is 292 g/mol. The molecule has 2 aromatic rings. The van der Waals surface area contributed by atoms with Gasteiger partial charge in [-0.2, -0.15) is 0 Å². The molecule has 7 heteroatoms. The Morgan fingerprint density at radius 2 is 2.19 bits per heavy atom. The van der Waals surface area contributed by atoms with Gasteiger partial charge in [0.2, 0.25) is 11.8 Å². The quantitative estimate of drug-likeness (QED) is 0.838. The number of nitrogens with zero attached hydrogens (tertiary/aromatic N) is 1. The number of anilines is 1. The van der Waals surface area contributed by atoms with Crippen molar-refractivity contribution < 1.29 is 19.5 Å². The average molecular weight is 304 g/mol. The molecule has 1 aromatic carbocycles. The van der Waals surface area contributed by atoms with E-state index in [9.17, 15) is 14.4 Å². The summed E-state index contributed by atoms with van der Waals surface area (Å²) in [6.07, 6.45) is 1.83. The van der Waals surface area contributed by atoms with Crippen molar-refractivity contribution in [3.63, 3.8) is 0 Å². The van der Waals surface area contributed by atoms with E-state index in [4.69, 9.17) is 5.11 Å². The van der Waals surface area contributed by atoms with E-state index in [1.807, 2.05) is 12.1 Å². The van der Waals surface area contributed by atoms with Gasteiger partial charge in [0.05, 0.1) is 16.7 Å². The van der Waals surface area contributed by atoms with Crippen LogP contribution in [0.3, 0.4) is 0 Å². The highest BCUT2D eigenvalue weighted by molar-refractivity contribution is 8.01. The molecule has 21 heavy (non-hydrogen) atoms. The summed E-state index contributed by atoms with van der Waals surface area (Å²) < 4.78 is 0. The van der Waals surface area contributed by atoms with Gasteiger partial charge >= 0.3 is 5.97 Å². The largest absolute Gasteiger partial charge is 0.481 e. The highest BCUT2D eigenvalue weighted by Crippen LogP contribution is 2.31. The lowest BCUT2D eigenvalue weighted by Gasteiger charge is -2.14. The predicted molar refractivity (Wildman–Crippen MR) is 79.3 cm³/mol. The minimum Gasteiger partial charge on any atom is -0.481 e. The van der Waals surface area contributed by atoms with Gasteiger partial charge < -0.3 is 10.1 Å². The van der Waals surface area contributed by atoms with E-state index in [0.717, 1.165) is 27.6 Å². The number of amides is 2. The van der Waals surface area contributed by atoms with Crippen LogP contribution < -0.4 is 4.90 Å². The molecule has 0 spiro atoms. The monoisotopic (exact) mass is 304 g/mol. The Labute approximate surface area is 124 Å². The van der Waals surface area contributed by atoms with Crippen molar-refractivity contribution in [2.45, 2.75) is 11.7 Å². The van der Waals surface area contributed by atoms with Gasteiger partial charge in [-0.3, -0.25) is 14.4 Å². The van der Waals surface area contributed by atoms with E-state index in [0.29, 0.717) is 5.69 Å². The normalized spacial score (nSPS) is 18.7. The lowest BCUT2D eigenvalue weighted by molar-refractivity contribution is -0.134. The summed E-state index contributed by atoms with van der Waals surface area (Å²) in [5, 5.41) is 9.05. The van der Waals surface area contributed by atoms with E-state index in [1.165, 1.54) is 0 Å². The summed E-state index contributed by atoms with van der Waals surface area (Å²) >= 11 is 0.988. The number of aliphatic carboxylic acids is 1. The van der Waals surface area contributed by atoms with Crippen molar-refractivity contribution >= 4 is 46.1 Å². The van der Waals surface area contributed by atoms with Crippen molar-refractivity contribution in [1.29, 1.82) is 0 Å². The molecule has 1 aliphatic rings. The molecule has 2 heterocycles. The second kappa shape index (κ2) is 5.25. The summed E-state index contributed by atoms with van der Waals surface area (Å²) in [6, 6.07) is 7.20. The zero-order valence-corrected chi connectivity index (χ0v) is 11.7. The van der Waals surface area contributed by atoms with E-state index in [2.05, 4.69) is 4.98 Å². The van der Waals surface area contributed by atoms with Gasteiger partial charge in [0.15, 0.2) is 0 Å². The summed E-state index contributed by atoms with van der Waals surface area (Å²) in [7, 11) is 0. The van der Waals surface area contributed by atoms with Crippen molar-refractivity contribution in [3.05, 3.63) is 30.5 Å². The molecule has 3 rings (SSSR count). The minimum atomic E-state index is -0.994. The summed E-state index contributed by atoms with van der Waals surface area (Å²) in [5.41, 5.74) is 1.35. The Morgan fingerprint density at radius 3 is 2.95 bits per heavy atom. The lowest BCUT2D eigenvalue weighted by Crippen LogP contribution is -2.31. The molecule has 0 radical (unpaired) electrons. The smallest absolute Gasteiger partial charge is 0.313 e. The SMILES string of the molecule is O=C(O)CSC1CC(=O)N(c2ccc3cc[nH]c3c2)C1=O. The number of benzene rings is 1. The molecule has 0 saturated carbocycles. The molecule has 6 nitrogen and oxygen atoms in total. The van der Waals surface area contributed by atoms with Crippen LogP contribution >= 0.6 is 11.8 Å². The zero-order valence-electron chi connectivity index (χ0n) is 10.9. The van der Waals surface area contributed by atoms with Crippen LogP contribution in [0.25, 0.3) is 10.9 Å². The van der Waals surface area contributed by atoms with Crippen LogP contribution in [0.15, 0.2) is 30.5 Å². The number of carboxylic acids is 1. The fraction of sp³-hybridized carbons (Fsp3) is 0.214. The van der Waals surface area contributed by atoms with Gasteiger partial charge in [-0.25, -0.2) is 4.90 Å². The number of carbonyl (C=O) groups excluding carboxylic acids is 2. The number of imide groups is 1. The van der Waals surface area contributed by atoms with Crippen molar-refractivity contribution in [3.8, 4) is 0 Å². The molecule has 1 fully saturated rings. The van der Waals surface area contributed by atoms with Crippen LogP contribution in [-0.2, 0) is 14.4 Å². The van der Waals surface area contributed by atoms with Gasteiger partial charge in [0.1, 0.15) is 0 Å². The number of rotatable bonds is 4. The number of hydrogen-bond donors (Lipinski definition) is 2. The number of nitrogens with one attached hydrogen (secondary N) is 1. The third-order valence-corrected chi connectivity index (χ3v) is 4.49. The van der Waals surface area contributed by atoms with Crippen LogP contribution in [0.4, 0.5) is 5.69 Å². The molecule has 1 atom stereocenters. The van der Waals surface area contributed by atoms with Crippen molar-refractivity contribution in [2.24, 2.45) is 0 Å². The molecule has 108 valence electrons. The Morgan fingerprint density at radius 1 is 1.38 bits per heavy atom. The maximum atomic E-state index is 12.3. The standard InChI is InChI=1S/C14H12N2O4S/c17-12-6-11(21-7-13(18)19)14(20)16(12)9-2-1-8-3-4-15-10(8)5-9/h1-5,11,15H,6-7H2,(H,18,19). The lowest BCUT2D eigenvalue weighted by atomic mass is 10.2. The highest BCUT2D eigenvalue weighted by atomic mass is 32.2. The molecule has 2 amide bonds. The molecule has 0 aliphatic carbocycles. The summed E-state index contributed by atoms with van der Waals surface area (Å²) in [4.78, 5) is 39.1. The van der Waals surface area contributed by atoms with Crippen LogP contribution in [0, 0.1) is 0 Å². The Bertz CT molecular complexity index is 739. The first-order chi connectivity index (χ1) is 10.1. The molecule has 1 saturated heterocycles. The van der Waals surface area contributed by atoms with E-state index in [1.54, 1.807) is 18.3 Å². The van der Waals surface area contributed by atoms with E-state index in [-0.39, 0.29) is 24.0 Å². The molecule has 1 aromatic heterocycles. The van der Waals surface area contributed by atoms with Gasteiger partial charge in [-0.05, 0) is 23.6 Å². The third kappa shape index (κ3) is 2.52. The molecule has 0 bridgehead atoms. The minimum absolute atomic E-state index is 0.0412. The number of thioether (sulfide) groups is 1. The number of carbonyl (C=O) groups is 3. The van der Waals surface area contributed by atoms with Gasteiger partial charge in [-0.1, -0.05) is 6.07 Å². The zero-order chi connectivity index (χ0) is 15.0. The Kier molecular flexibility index (Phi) is 3.42. The number of fused-ring (bicyclic) bond motifs is 1. The Hall–Kier alpha value is -2.28. The van der Waals surface area contributed by atoms with Crippen LogP contribution in [0.1, 0.15) is 6.42 Å². The molecule has 1 unspecified atom stereocenters. The first-order valence-electron chi connectivity index (χ1n) is 6.33. The van der Waals surface area contributed by atoms with E-state index >= 15 is 0 Å². The first kappa shape index (κ1) is 13.7. The third-order valence-electron chi connectivity index (χ3n) is 3.31. The highest BCUT2D eigenvalue weighted by Gasteiger charge is 2.40. The summed E-state index contributed by atoms with van der Waals surface area (Å²) in [6.45, 7) is 0. The van der Waals surface area contributed by atoms with E-state index < -0.39 is 11.2 Å². The molecular formula is C14H12N2O4S. The van der Waals surface area contributed by atoms with Gasteiger partial charge in [-0.15, -0.1) is 11.8 Å². The number of H-pyrrole nitrogens is 1. The predicted octanol–water partition coefficient (Wildman–Crippen LogP) is 1.62. The molecule has 1 aliphatic heterocycles. The second-order valence-electron chi connectivity index (χ2n) is 4.71. The average Bonchev–Trinajstić information content (AvgIpc) is 3.00. The topological polar surface area (TPSA) is 90.5 Å². The molecule has 2 N–H and O–H groups in total. The van der Waals surface area contributed by atoms with Crippen LogP contribution in [0.5, 0.6) is 0 Å². The van der Waals surface area contributed by atoms with Gasteiger partial charge in [0, 0.05) is 18.1 Å². The summed E-state index contributed by atoms with van der Waals surface area (Å²) in [5.74, 6) is -1.83. The number of aromatic amines is 1. The number of carboxylic acid groups (broad SMARTS) is 1. The van der Waals surface area contributed by atoms with Crippen LogP contribution in [0.2, 0.25) is 0 Å². The van der Waals surface area contributed by atoms with Gasteiger partial charge in [0.25, 0.3) is 0 Å². The second-order valence-corrected chi connectivity index (χ2v) is 5.91. The Balaban J connectivity index is 1.85. The number of hydrogen-bond acceptors (Lipinski definition) is 4. The number of aromatic nitrogens is 1. The maximum absolute atomic E-state index is 12.3. The van der Waals surface area contributed by atoms with Crippen LogP contribution in [-0.4, -0.2) is 38.9 Å². The van der Waals surface area contributed by atoms with Crippen molar-refractivity contribution in [1.82, 2.24) is 4.98 Å². The van der Waals surface area contributed by atoms with Crippen molar-refractivity contribution in [2.75, 3.05) is 10.7 Å². The fourth-order valence-electron chi connectivity index (χ4n) is 2.35. The first-order valence-corrected chi connectivity index (χ1v) is 7.38. The maximum Gasteiger partial charge on any atom is 0.313 e.